The molecule has 0 aliphatic carbocycles. The van der Waals surface area contributed by atoms with Gasteiger partial charge in [0.25, 0.3) is 0 Å². The van der Waals surface area contributed by atoms with E-state index in [-0.39, 0.29) is 11.7 Å². The molecule has 0 saturated heterocycles. The number of carbonyl (C=O) groups excluding carboxylic acids is 1. The average Bonchev–Trinajstić information content (AvgIpc) is 2.42. The van der Waals surface area contributed by atoms with Crippen molar-refractivity contribution in [1.82, 2.24) is 5.32 Å². The van der Waals surface area contributed by atoms with Crippen LogP contribution in [0.1, 0.15) is 25.3 Å². The lowest BCUT2D eigenvalue weighted by Gasteiger charge is -2.10. The maximum Gasteiger partial charge on any atom is 0.305 e. The minimum Gasteiger partial charge on any atom is -0.504 e. The molecular formula is C14H20ClNO4. The van der Waals surface area contributed by atoms with Crippen LogP contribution in [0.25, 0.3) is 0 Å². The quantitative estimate of drug-likeness (QED) is 0.570. The van der Waals surface area contributed by atoms with Crippen LogP contribution in [0.5, 0.6) is 11.5 Å². The molecule has 0 heterocycles. The van der Waals surface area contributed by atoms with Crippen LogP contribution in [0.15, 0.2) is 12.1 Å². The highest BCUT2D eigenvalue weighted by molar-refractivity contribution is 6.30. The molecule has 0 amide bonds. The first-order chi connectivity index (χ1) is 9.58. The SMILES string of the molecule is CCOC(=O)CCCNCc1cc(Cl)cc(OC)c1O. The molecule has 0 unspecified atom stereocenters. The molecule has 1 aromatic carbocycles. The number of aromatic hydroxyl groups is 1. The molecule has 112 valence electrons. The third-order valence-corrected chi connectivity index (χ3v) is 2.91. The summed E-state index contributed by atoms with van der Waals surface area (Å²) in [6.07, 6.45) is 1.06. The van der Waals surface area contributed by atoms with E-state index in [0.29, 0.717) is 48.9 Å². The van der Waals surface area contributed by atoms with Crippen molar-refractivity contribution < 1.29 is 19.4 Å². The molecule has 0 aliphatic rings. The van der Waals surface area contributed by atoms with Gasteiger partial charge in [0.15, 0.2) is 11.5 Å². The zero-order valence-electron chi connectivity index (χ0n) is 11.7. The summed E-state index contributed by atoms with van der Waals surface area (Å²) in [6.45, 7) is 3.28. The van der Waals surface area contributed by atoms with Crippen molar-refractivity contribution in [2.75, 3.05) is 20.3 Å². The normalized spacial score (nSPS) is 10.3. The van der Waals surface area contributed by atoms with E-state index in [9.17, 15) is 9.90 Å². The van der Waals surface area contributed by atoms with E-state index < -0.39 is 0 Å². The number of phenols is 1. The number of hydrogen-bond donors (Lipinski definition) is 2. The van der Waals surface area contributed by atoms with Crippen LogP contribution < -0.4 is 10.1 Å². The van der Waals surface area contributed by atoms with Gasteiger partial charge in [-0.3, -0.25) is 4.79 Å². The Labute approximate surface area is 123 Å². The van der Waals surface area contributed by atoms with Crippen molar-refractivity contribution in [3.63, 3.8) is 0 Å². The van der Waals surface area contributed by atoms with E-state index in [4.69, 9.17) is 21.1 Å². The fraction of sp³-hybridized carbons (Fsp3) is 0.500. The smallest absolute Gasteiger partial charge is 0.305 e. The van der Waals surface area contributed by atoms with Gasteiger partial charge in [-0.25, -0.2) is 0 Å². The van der Waals surface area contributed by atoms with Crippen molar-refractivity contribution >= 4 is 17.6 Å². The highest BCUT2D eigenvalue weighted by atomic mass is 35.5. The predicted octanol–water partition coefficient (Wildman–Crippen LogP) is 2.49. The van der Waals surface area contributed by atoms with Crippen LogP contribution in [-0.4, -0.2) is 31.3 Å². The summed E-state index contributed by atoms with van der Waals surface area (Å²) in [7, 11) is 1.47. The molecule has 0 atom stereocenters. The second-order valence-electron chi connectivity index (χ2n) is 4.20. The summed E-state index contributed by atoms with van der Waals surface area (Å²) in [5.41, 5.74) is 0.658. The van der Waals surface area contributed by atoms with E-state index >= 15 is 0 Å². The summed E-state index contributed by atoms with van der Waals surface area (Å²) in [4.78, 5) is 11.1. The van der Waals surface area contributed by atoms with Crippen LogP contribution in [0.4, 0.5) is 0 Å². The number of rotatable bonds is 8. The van der Waals surface area contributed by atoms with Crippen LogP contribution in [0.3, 0.4) is 0 Å². The molecular weight excluding hydrogens is 282 g/mol. The van der Waals surface area contributed by atoms with Crippen molar-refractivity contribution in [3.8, 4) is 11.5 Å². The van der Waals surface area contributed by atoms with E-state index in [0.717, 1.165) is 0 Å². The van der Waals surface area contributed by atoms with Gasteiger partial charge in [-0.15, -0.1) is 0 Å². The zero-order valence-corrected chi connectivity index (χ0v) is 12.5. The van der Waals surface area contributed by atoms with Gasteiger partial charge >= 0.3 is 5.97 Å². The number of halogens is 1. The van der Waals surface area contributed by atoms with Gasteiger partial charge in [0.05, 0.1) is 13.7 Å². The lowest BCUT2D eigenvalue weighted by molar-refractivity contribution is -0.143. The number of phenolic OH excluding ortho intramolecular Hbond substituents is 1. The Kier molecular flexibility index (Phi) is 7.18. The van der Waals surface area contributed by atoms with Gasteiger partial charge in [0.2, 0.25) is 0 Å². The molecule has 1 rings (SSSR count). The van der Waals surface area contributed by atoms with E-state index in [1.54, 1.807) is 19.1 Å². The topological polar surface area (TPSA) is 67.8 Å². The Balaban J connectivity index is 2.39. The summed E-state index contributed by atoms with van der Waals surface area (Å²) < 4.78 is 9.86. The van der Waals surface area contributed by atoms with Crippen molar-refractivity contribution in [2.45, 2.75) is 26.3 Å². The van der Waals surface area contributed by atoms with E-state index in [1.165, 1.54) is 7.11 Å². The summed E-state index contributed by atoms with van der Waals surface area (Å²) >= 11 is 5.94. The standard InChI is InChI=1S/C14H20ClNO4/c1-3-20-13(17)5-4-6-16-9-10-7-11(15)8-12(19-2)14(10)18/h7-8,16,18H,3-6,9H2,1-2H3. The van der Waals surface area contributed by atoms with E-state index in [1.807, 2.05) is 0 Å². The van der Waals surface area contributed by atoms with Gasteiger partial charge in [-0.05, 0) is 26.0 Å². The first-order valence-electron chi connectivity index (χ1n) is 6.50. The number of hydrogen-bond acceptors (Lipinski definition) is 5. The fourth-order valence-corrected chi connectivity index (χ4v) is 1.96. The van der Waals surface area contributed by atoms with Gasteiger partial charge in [-0.2, -0.15) is 0 Å². The zero-order chi connectivity index (χ0) is 15.0. The van der Waals surface area contributed by atoms with Gasteiger partial charge < -0.3 is 19.9 Å². The molecule has 20 heavy (non-hydrogen) atoms. The predicted molar refractivity (Wildman–Crippen MR) is 77.2 cm³/mol. The monoisotopic (exact) mass is 301 g/mol. The number of benzene rings is 1. The lowest BCUT2D eigenvalue weighted by atomic mass is 10.2. The average molecular weight is 302 g/mol. The molecule has 0 fully saturated rings. The van der Waals surface area contributed by atoms with Gasteiger partial charge in [0.1, 0.15) is 0 Å². The molecule has 6 heteroatoms. The Morgan fingerprint density at radius 3 is 2.85 bits per heavy atom. The Morgan fingerprint density at radius 2 is 2.20 bits per heavy atom. The fourth-order valence-electron chi connectivity index (χ4n) is 1.73. The molecule has 0 aliphatic heterocycles. The summed E-state index contributed by atoms with van der Waals surface area (Å²) in [6, 6.07) is 3.24. The Bertz CT molecular complexity index is 451. The van der Waals surface area contributed by atoms with Crippen LogP contribution in [-0.2, 0) is 16.1 Å². The van der Waals surface area contributed by atoms with Gasteiger partial charge in [-0.1, -0.05) is 11.6 Å². The van der Waals surface area contributed by atoms with Crippen LogP contribution in [0.2, 0.25) is 5.02 Å². The highest BCUT2D eigenvalue weighted by Crippen LogP contribution is 2.33. The van der Waals surface area contributed by atoms with Crippen molar-refractivity contribution in [2.24, 2.45) is 0 Å². The molecule has 0 bridgehead atoms. The molecule has 0 saturated carbocycles. The maximum absolute atomic E-state index is 11.1. The first kappa shape index (κ1) is 16.6. The molecule has 0 spiro atoms. The molecule has 0 aromatic heterocycles. The molecule has 5 nitrogen and oxygen atoms in total. The third-order valence-electron chi connectivity index (χ3n) is 2.69. The molecule has 1 aromatic rings. The molecule has 2 N–H and O–H groups in total. The van der Waals surface area contributed by atoms with Crippen molar-refractivity contribution in [1.29, 1.82) is 0 Å². The summed E-state index contributed by atoms with van der Waals surface area (Å²) in [5.74, 6) is 0.234. The van der Waals surface area contributed by atoms with E-state index in [2.05, 4.69) is 5.32 Å². The van der Waals surface area contributed by atoms with Crippen molar-refractivity contribution in [3.05, 3.63) is 22.7 Å². The summed E-state index contributed by atoms with van der Waals surface area (Å²) in [5, 5.41) is 13.6. The maximum atomic E-state index is 11.1. The third kappa shape index (κ3) is 5.27. The first-order valence-corrected chi connectivity index (χ1v) is 6.88. The Hall–Kier alpha value is -1.46. The second kappa shape index (κ2) is 8.66. The number of nitrogens with one attached hydrogen (secondary N) is 1. The lowest BCUT2D eigenvalue weighted by Crippen LogP contribution is -2.16. The minimum absolute atomic E-state index is 0.0785. The number of methoxy groups -OCH3 is 1. The van der Waals surface area contributed by atoms with Crippen LogP contribution in [0, 0.1) is 0 Å². The van der Waals surface area contributed by atoms with Crippen LogP contribution >= 0.6 is 11.6 Å². The second-order valence-corrected chi connectivity index (χ2v) is 4.64. The number of carbonyl (C=O) groups is 1. The Morgan fingerprint density at radius 1 is 1.45 bits per heavy atom. The number of ether oxygens (including phenoxy) is 2. The largest absolute Gasteiger partial charge is 0.504 e. The van der Waals surface area contributed by atoms with Gasteiger partial charge in [0, 0.05) is 29.6 Å². The minimum atomic E-state index is -0.193. The highest BCUT2D eigenvalue weighted by Gasteiger charge is 2.09. The number of esters is 1. The molecule has 0 radical (unpaired) electrons.